The molecule has 2 atom stereocenters. The third kappa shape index (κ3) is 3.70. The predicted octanol–water partition coefficient (Wildman–Crippen LogP) is 1.15. The summed E-state index contributed by atoms with van der Waals surface area (Å²) in [7, 11) is 0. The van der Waals surface area contributed by atoms with Crippen molar-refractivity contribution in [2.24, 2.45) is 0 Å². The molecule has 0 bridgehead atoms. The summed E-state index contributed by atoms with van der Waals surface area (Å²) in [5.41, 5.74) is 0. The van der Waals surface area contributed by atoms with Gasteiger partial charge in [0.1, 0.15) is 6.42 Å². The number of halogens is 3. The third-order valence-corrected chi connectivity index (χ3v) is 2.44. The molecule has 1 fully saturated rings. The van der Waals surface area contributed by atoms with E-state index in [1.807, 2.05) is 6.92 Å². The largest absolute Gasteiger partial charge is 0.397 e. The molecule has 88 valence electrons. The van der Waals surface area contributed by atoms with Crippen LogP contribution in [-0.4, -0.2) is 42.2 Å². The van der Waals surface area contributed by atoms with Crippen LogP contribution >= 0.6 is 0 Å². The molecule has 2 unspecified atom stereocenters. The first kappa shape index (κ1) is 12.3. The van der Waals surface area contributed by atoms with Crippen LogP contribution in [0, 0.1) is 0 Å². The molecular formula is C9H15F3N2O. The van der Waals surface area contributed by atoms with E-state index in [0.717, 1.165) is 0 Å². The average Bonchev–Trinajstić information content (AvgIpc) is 2.06. The molecule has 6 heteroatoms. The molecule has 1 aliphatic rings. The van der Waals surface area contributed by atoms with E-state index < -0.39 is 18.5 Å². The molecule has 0 aromatic rings. The molecule has 3 nitrogen and oxygen atoms in total. The minimum Gasteiger partial charge on any atom is -0.337 e. The topological polar surface area (TPSA) is 32.3 Å². The Bertz CT molecular complexity index is 242. The van der Waals surface area contributed by atoms with E-state index >= 15 is 0 Å². The highest BCUT2D eigenvalue weighted by Gasteiger charge is 2.36. The van der Waals surface area contributed by atoms with Crippen LogP contribution in [-0.2, 0) is 4.79 Å². The SMILES string of the molecule is CC1CN(C(=O)CC(F)(F)F)C(C)CN1. The summed E-state index contributed by atoms with van der Waals surface area (Å²) < 4.78 is 36.1. The molecule has 15 heavy (non-hydrogen) atoms. The van der Waals surface area contributed by atoms with Crippen molar-refractivity contribution < 1.29 is 18.0 Å². The first-order valence-corrected chi connectivity index (χ1v) is 4.89. The van der Waals surface area contributed by atoms with Crippen molar-refractivity contribution in [3.63, 3.8) is 0 Å². The molecule has 1 rings (SSSR count). The molecule has 0 aromatic heterocycles. The Balaban J connectivity index is 2.57. The van der Waals surface area contributed by atoms with Crippen LogP contribution in [0.5, 0.6) is 0 Å². The number of hydrogen-bond acceptors (Lipinski definition) is 2. The van der Waals surface area contributed by atoms with E-state index in [-0.39, 0.29) is 12.1 Å². The Hall–Kier alpha value is -0.780. The Labute approximate surface area is 86.6 Å². The van der Waals surface area contributed by atoms with Crippen LogP contribution in [0.3, 0.4) is 0 Å². The lowest BCUT2D eigenvalue weighted by Crippen LogP contribution is -2.56. The van der Waals surface area contributed by atoms with Gasteiger partial charge in [-0.15, -0.1) is 0 Å². The van der Waals surface area contributed by atoms with Gasteiger partial charge in [-0.3, -0.25) is 4.79 Å². The molecule has 0 spiro atoms. The lowest BCUT2D eigenvalue weighted by molar-refractivity contribution is -0.163. The third-order valence-electron chi connectivity index (χ3n) is 2.44. The summed E-state index contributed by atoms with van der Waals surface area (Å²) in [4.78, 5) is 12.6. The van der Waals surface area contributed by atoms with Crippen LogP contribution in [0.1, 0.15) is 20.3 Å². The Morgan fingerprint density at radius 2 is 2.07 bits per heavy atom. The molecule has 1 N–H and O–H groups in total. The number of alkyl halides is 3. The van der Waals surface area contributed by atoms with Crippen molar-refractivity contribution in [3.05, 3.63) is 0 Å². The van der Waals surface area contributed by atoms with Gasteiger partial charge in [0.15, 0.2) is 0 Å². The maximum Gasteiger partial charge on any atom is 0.397 e. The number of hydrogen-bond donors (Lipinski definition) is 1. The summed E-state index contributed by atoms with van der Waals surface area (Å²) in [6.45, 7) is 4.48. The zero-order chi connectivity index (χ0) is 11.6. The van der Waals surface area contributed by atoms with Crippen LogP contribution in [0.2, 0.25) is 0 Å². The number of rotatable bonds is 1. The van der Waals surface area contributed by atoms with E-state index in [0.29, 0.717) is 13.1 Å². The lowest BCUT2D eigenvalue weighted by atomic mass is 10.1. The molecule has 0 saturated carbocycles. The fourth-order valence-electron chi connectivity index (χ4n) is 1.64. The van der Waals surface area contributed by atoms with Gasteiger partial charge in [0.05, 0.1) is 0 Å². The fraction of sp³-hybridized carbons (Fsp3) is 0.889. The van der Waals surface area contributed by atoms with Crippen molar-refractivity contribution >= 4 is 5.91 Å². The van der Waals surface area contributed by atoms with E-state index in [2.05, 4.69) is 5.32 Å². The van der Waals surface area contributed by atoms with E-state index in [4.69, 9.17) is 0 Å². The van der Waals surface area contributed by atoms with E-state index in [9.17, 15) is 18.0 Å². The van der Waals surface area contributed by atoms with Crippen molar-refractivity contribution in [1.29, 1.82) is 0 Å². The van der Waals surface area contributed by atoms with Crippen molar-refractivity contribution in [3.8, 4) is 0 Å². The van der Waals surface area contributed by atoms with Gasteiger partial charge in [-0.2, -0.15) is 13.2 Å². The molecule has 1 aliphatic heterocycles. The minimum absolute atomic E-state index is 0.0541. The van der Waals surface area contributed by atoms with Crippen molar-refractivity contribution in [1.82, 2.24) is 10.2 Å². The normalized spacial score (nSPS) is 27.9. The molecule has 1 heterocycles. The predicted molar refractivity (Wildman–Crippen MR) is 49.3 cm³/mol. The standard InChI is InChI=1S/C9H15F3N2O/c1-6-5-14(7(2)4-13-6)8(15)3-9(10,11)12/h6-7,13H,3-5H2,1-2H3. The lowest BCUT2D eigenvalue weighted by Gasteiger charge is -2.37. The van der Waals surface area contributed by atoms with Gasteiger partial charge in [0.25, 0.3) is 0 Å². The van der Waals surface area contributed by atoms with Gasteiger partial charge < -0.3 is 10.2 Å². The highest BCUT2D eigenvalue weighted by molar-refractivity contribution is 5.77. The molecule has 1 saturated heterocycles. The van der Waals surface area contributed by atoms with E-state index in [1.165, 1.54) is 4.90 Å². The highest BCUT2D eigenvalue weighted by Crippen LogP contribution is 2.22. The number of carbonyl (C=O) groups is 1. The van der Waals surface area contributed by atoms with Crippen LogP contribution < -0.4 is 5.32 Å². The summed E-state index contributed by atoms with van der Waals surface area (Å²) in [6.07, 6.45) is -5.77. The quantitative estimate of drug-likeness (QED) is 0.724. The van der Waals surface area contributed by atoms with Crippen LogP contribution in [0.15, 0.2) is 0 Å². The van der Waals surface area contributed by atoms with Crippen molar-refractivity contribution in [2.75, 3.05) is 13.1 Å². The Morgan fingerprint density at radius 1 is 1.47 bits per heavy atom. The molecule has 0 radical (unpaired) electrons. The maximum atomic E-state index is 12.0. The summed E-state index contributed by atoms with van der Waals surface area (Å²) in [5.74, 6) is -0.830. The number of nitrogens with zero attached hydrogens (tertiary/aromatic N) is 1. The van der Waals surface area contributed by atoms with Crippen molar-refractivity contribution in [2.45, 2.75) is 38.5 Å². The van der Waals surface area contributed by atoms with E-state index in [1.54, 1.807) is 6.92 Å². The number of amides is 1. The zero-order valence-electron chi connectivity index (χ0n) is 8.77. The number of piperazine rings is 1. The second-order valence-electron chi connectivity index (χ2n) is 4.00. The summed E-state index contributed by atoms with van der Waals surface area (Å²) in [6, 6.07) is -0.116. The summed E-state index contributed by atoms with van der Waals surface area (Å²) >= 11 is 0. The van der Waals surface area contributed by atoms with Gasteiger partial charge in [0, 0.05) is 25.2 Å². The molecule has 1 amide bonds. The van der Waals surface area contributed by atoms with Crippen LogP contribution in [0.25, 0.3) is 0 Å². The van der Waals surface area contributed by atoms with Gasteiger partial charge in [-0.05, 0) is 13.8 Å². The van der Waals surface area contributed by atoms with Gasteiger partial charge >= 0.3 is 6.18 Å². The first-order valence-electron chi connectivity index (χ1n) is 4.89. The molecular weight excluding hydrogens is 209 g/mol. The number of carbonyl (C=O) groups excluding carboxylic acids is 1. The number of nitrogens with one attached hydrogen (secondary N) is 1. The minimum atomic E-state index is -4.41. The van der Waals surface area contributed by atoms with Gasteiger partial charge in [0.2, 0.25) is 5.91 Å². The molecule has 0 aliphatic carbocycles. The van der Waals surface area contributed by atoms with Gasteiger partial charge in [-0.1, -0.05) is 0 Å². The maximum absolute atomic E-state index is 12.0. The second kappa shape index (κ2) is 4.38. The first-order chi connectivity index (χ1) is 6.79. The monoisotopic (exact) mass is 224 g/mol. The van der Waals surface area contributed by atoms with Crippen LogP contribution in [0.4, 0.5) is 13.2 Å². The smallest absolute Gasteiger partial charge is 0.337 e. The summed E-state index contributed by atoms with van der Waals surface area (Å²) in [5, 5.41) is 3.10. The Morgan fingerprint density at radius 3 is 2.60 bits per heavy atom. The molecule has 0 aromatic carbocycles. The highest BCUT2D eigenvalue weighted by atomic mass is 19.4. The fourth-order valence-corrected chi connectivity index (χ4v) is 1.64. The van der Waals surface area contributed by atoms with Gasteiger partial charge in [-0.25, -0.2) is 0 Å². The zero-order valence-corrected chi connectivity index (χ0v) is 8.77. The Kier molecular flexibility index (Phi) is 3.59. The second-order valence-corrected chi connectivity index (χ2v) is 4.00. The average molecular weight is 224 g/mol.